The number of carbonyl (C=O) groups excluding carboxylic acids is 1. The Morgan fingerprint density at radius 3 is 2.62 bits per heavy atom. The van der Waals surface area contributed by atoms with Gasteiger partial charge in [0.2, 0.25) is 5.91 Å². The van der Waals surface area contributed by atoms with Gasteiger partial charge in [-0.05, 0) is 36.5 Å². The Morgan fingerprint density at radius 1 is 1.38 bits per heavy atom. The summed E-state index contributed by atoms with van der Waals surface area (Å²) in [7, 11) is 1.64. The van der Waals surface area contributed by atoms with Crippen LogP contribution in [0.3, 0.4) is 0 Å². The molecule has 0 bridgehead atoms. The predicted molar refractivity (Wildman–Crippen MR) is 82.6 cm³/mol. The van der Waals surface area contributed by atoms with Crippen LogP contribution in [0, 0.1) is 5.92 Å². The number of rotatable bonds is 6. The summed E-state index contributed by atoms with van der Waals surface area (Å²) >= 11 is 0. The van der Waals surface area contributed by atoms with Crippen molar-refractivity contribution in [2.75, 3.05) is 20.3 Å². The zero-order chi connectivity index (χ0) is 15.2. The highest BCUT2D eigenvalue weighted by atomic mass is 16.5. The minimum absolute atomic E-state index is 0.0747. The molecule has 0 spiro atoms. The van der Waals surface area contributed by atoms with E-state index < -0.39 is 0 Å². The van der Waals surface area contributed by atoms with E-state index >= 15 is 0 Å². The molecule has 1 fully saturated rings. The van der Waals surface area contributed by atoms with Crippen molar-refractivity contribution in [2.45, 2.75) is 38.7 Å². The van der Waals surface area contributed by atoms with E-state index in [9.17, 15) is 4.79 Å². The summed E-state index contributed by atoms with van der Waals surface area (Å²) in [6, 6.07) is 7.74. The molecular weight excluding hydrogens is 266 g/mol. The molecule has 0 aliphatic carbocycles. The topological polar surface area (TPSA) is 47.6 Å². The van der Waals surface area contributed by atoms with Crippen molar-refractivity contribution in [3.63, 3.8) is 0 Å². The maximum Gasteiger partial charge on any atom is 0.227 e. The number of ether oxygens (including phenoxy) is 2. The van der Waals surface area contributed by atoms with Gasteiger partial charge in [-0.25, -0.2) is 0 Å². The average molecular weight is 291 g/mol. The van der Waals surface area contributed by atoms with Gasteiger partial charge in [-0.3, -0.25) is 4.79 Å². The van der Waals surface area contributed by atoms with E-state index in [1.807, 2.05) is 24.3 Å². The molecule has 1 aromatic rings. The summed E-state index contributed by atoms with van der Waals surface area (Å²) in [4.78, 5) is 12.5. The van der Waals surface area contributed by atoms with Gasteiger partial charge in [-0.15, -0.1) is 0 Å². The largest absolute Gasteiger partial charge is 0.497 e. The van der Waals surface area contributed by atoms with Crippen molar-refractivity contribution in [3.8, 4) is 5.75 Å². The number of nitrogens with one attached hydrogen (secondary N) is 1. The number of amides is 1. The van der Waals surface area contributed by atoms with Crippen LogP contribution in [0.15, 0.2) is 24.3 Å². The van der Waals surface area contributed by atoms with Crippen LogP contribution >= 0.6 is 0 Å². The fourth-order valence-electron chi connectivity index (χ4n) is 2.78. The molecule has 1 amide bonds. The summed E-state index contributed by atoms with van der Waals surface area (Å²) < 4.78 is 10.7. The van der Waals surface area contributed by atoms with Crippen molar-refractivity contribution in [1.82, 2.24) is 5.32 Å². The quantitative estimate of drug-likeness (QED) is 0.876. The molecule has 4 nitrogen and oxygen atoms in total. The van der Waals surface area contributed by atoms with Gasteiger partial charge in [0.25, 0.3) is 0 Å². The monoisotopic (exact) mass is 291 g/mol. The zero-order valence-electron chi connectivity index (χ0n) is 13.1. The number of carbonyl (C=O) groups is 1. The van der Waals surface area contributed by atoms with E-state index in [2.05, 4.69) is 19.2 Å². The van der Waals surface area contributed by atoms with Gasteiger partial charge in [0, 0.05) is 13.2 Å². The van der Waals surface area contributed by atoms with Crippen molar-refractivity contribution in [3.05, 3.63) is 29.8 Å². The summed E-state index contributed by atoms with van der Waals surface area (Å²) in [6.07, 6.45) is 2.31. The molecular formula is C17H25NO3. The Hall–Kier alpha value is -1.55. The lowest BCUT2D eigenvalue weighted by atomic mass is 9.87. The molecule has 1 aromatic carbocycles. The van der Waals surface area contributed by atoms with Gasteiger partial charge < -0.3 is 14.8 Å². The summed E-state index contributed by atoms with van der Waals surface area (Å²) in [6.45, 7) is 5.56. The molecule has 2 rings (SSSR count). The zero-order valence-corrected chi connectivity index (χ0v) is 13.1. The van der Waals surface area contributed by atoms with Gasteiger partial charge >= 0.3 is 0 Å². The molecule has 1 heterocycles. The Balaban J connectivity index is 2.00. The fourth-order valence-corrected chi connectivity index (χ4v) is 2.78. The smallest absolute Gasteiger partial charge is 0.227 e. The fraction of sp³-hybridized carbons (Fsp3) is 0.588. The molecule has 1 N–H and O–H groups in total. The van der Waals surface area contributed by atoms with E-state index in [0.29, 0.717) is 6.54 Å². The maximum atomic E-state index is 12.5. The number of benzene rings is 1. The minimum atomic E-state index is -0.141. The van der Waals surface area contributed by atoms with Crippen LogP contribution in [0.2, 0.25) is 0 Å². The Morgan fingerprint density at radius 2 is 2.10 bits per heavy atom. The molecule has 2 unspecified atom stereocenters. The third-order valence-electron chi connectivity index (χ3n) is 3.95. The number of hydrogen-bond donors (Lipinski definition) is 1. The summed E-state index contributed by atoms with van der Waals surface area (Å²) in [5, 5.41) is 3.04. The van der Waals surface area contributed by atoms with Gasteiger partial charge in [-0.1, -0.05) is 26.0 Å². The first kappa shape index (κ1) is 15.8. The Labute approximate surface area is 126 Å². The third kappa shape index (κ3) is 4.21. The van der Waals surface area contributed by atoms with Crippen LogP contribution in [-0.2, 0) is 9.53 Å². The second-order valence-electron chi connectivity index (χ2n) is 5.88. The number of hydrogen-bond acceptors (Lipinski definition) is 3. The lowest BCUT2D eigenvalue weighted by Gasteiger charge is -2.22. The lowest BCUT2D eigenvalue weighted by Crippen LogP contribution is -2.37. The van der Waals surface area contributed by atoms with Crippen LogP contribution < -0.4 is 10.1 Å². The highest BCUT2D eigenvalue weighted by Crippen LogP contribution is 2.26. The third-order valence-corrected chi connectivity index (χ3v) is 3.95. The van der Waals surface area contributed by atoms with E-state index in [0.717, 1.165) is 30.8 Å². The summed E-state index contributed by atoms with van der Waals surface area (Å²) in [5.74, 6) is 0.979. The first-order chi connectivity index (χ1) is 10.1. The maximum absolute atomic E-state index is 12.5. The SMILES string of the molecule is COc1ccc(C(C(=O)NCC2CCCO2)C(C)C)cc1. The van der Waals surface area contributed by atoms with Crippen LogP contribution in [0.1, 0.15) is 38.2 Å². The lowest BCUT2D eigenvalue weighted by molar-refractivity contribution is -0.124. The second kappa shape index (κ2) is 7.46. The molecule has 1 aliphatic rings. The molecule has 0 saturated carbocycles. The summed E-state index contributed by atoms with van der Waals surface area (Å²) in [5.41, 5.74) is 1.02. The van der Waals surface area contributed by atoms with Gasteiger partial charge in [-0.2, -0.15) is 0 Å². The van der Waals surface area contributed by atoms with E-state index in [1.165, 1.54) is 0 Å². The van der Waals surface area contributed by atoms with Gasteiger partial charge in [0.05, 0.1) is 19.1 Å². The molecule has 0 radical (unpaired) electrons. The predicted octanol–water partition coefficient (Wildman–Crippen LogP) is 2.73. The normalized spacial score (nSPS) is 19.5. The molecule has 0 aromatic heterocycles. The van der Waals surface area contributed by atoms with Gasteiger partial charge in [0.1, 0.15) is 5.75 Å². The van der Waals surface area contributed by atoms with Crippen LogP contribution in [0.5, 0.6) is 5.75 Å². The van der Waals surface area contributed by atoms with Crippen LogP contribution in [-0.4, -0.2) is 32.3 Å². The molecule has 1 aliphatic heterocycles. The van der Waals surface area contributed by atoms with Crippen molar-refractivity contribution < 1.29 is 14.3 Å². The van der Waals surface area contributed by atoms with Crippen molar-refractivity contribution >= 4 is 5.91 Å². The van der Waals surface area contributed by atoms with Crippen molar-refractivity contribution in [2.24, 2.45) is 5.92 Å². The van der Waals surface area contributed by atoms with Crippen molar-refractivity contribution in [1.29, 1.82) is 0 Å². The highest BCUT2D eigenvalue weighted by molar-refractivity contribution is 5.84. The Kier molecular flexibility index (Phi) is 5.62. The number of methoxy groups -OCH3 is 1. The van der Waals surface area contributed by atoms with Crippen LogP contribution in [0.25, 0.3) is 0 Å². The van der Waals surface area contributed by atoms with E-state index in [-0.39, 0.29) is 23.8 Å². The van der Waals surface area contributed by atoms with Gasteiger partial charge in [0.15, 0.2) is 0 Å². The second-order valence-corrected chi connectivity index (χ2v) is 5.88. The van der Waals surface area contributed by atoms with E-state index in [4.69, 9.17) is 9.47 Å². The molecule has 116 valence electrons. The average Bonchev–Trinajstić information content (AvgIpc) is 2.99. The first-order valence-electron chi connectivity index (χ1n) is 7.65. The molecule has 4 heteroatoms. The van der Waals surface area contributed by atoms with E-state index in [1.54, 1.807) is 7.11 Å². The standard InChI is InChI=1S/C17H25NO3/c1-12(2)16(13-6-8-14(20-3)9-7-13)17(19)18-11-15-5-4-10-21-15/h6-9,12,15-16H,4-5,10-11H2,1-3H3,(H,18,19). The molecule has 21 heavy (non-hydrogen) atoms. The Bertz CT molecular complexity index is 450. The highest BCUT2D eigenvalue weighted by Gasteiger charge is 2.25. The molecule has 1 saturated heterocycles. The first-order valence-corrected chi connectivity index (χ1v) is 7.65. The van der Waals surface area contributed by atoms with Crippen LogP contribution in [0.4, 0.5) is 0 Å². The molecule has 2 atom stereocenters. The minimum Gasteiger partial charge on any atom is -0.497 e.